The van der Waals surface area contributed by atoms with Crippen molar-refractivity contribution in [3.63, 3.8) is 0 Å². The monoisotopic (exact) mass is 707 g/mol. The summed E-state index contributed by atoms with van der Waals surface area (Å²) in [7, 11) is 0. The third-order valence-electron chi connectivity index (χ3n) is 7.83. The van der Waals surface area contributed by atoms with Crippen molar-refractivity contribution < 1.29 is 57.0 Å². The molecule has 0 spiro atoms. The highest BCUT2D eigenvalue weighted by atomic mass is 19.3. The molecule has 17 nitrogen and oxygen atoms in total. The number of carboxylic acid groups (broad SMARTS) is 1. The first-order chi connectivity index (χ1) is 24.0. The van der Waals surface area contributed by atoms with E-state index in [9.17, 15) is 42.7 Å². The molecule has 0 bridgehead atoms. The molecule has 0 radical (unpaired) electrons. The van der Waals surface area contributed by atoms with Crippen molar-refractivity contribution in [2.24, 2.45) is 0 Å². The Bertz CT molecular complexity index is 1520. The number of amides is 4. The molecule has 3 heterocycles. The fourth-order valence-corrected chi connectivity index (χ4v) is 5.41. The van der Waals surface area contributed by atoms with Crippen LogP contribution in [0.2, 0.25) is 0 Å². The van der Waals surface area contributed by atoms with Crippen molar-refractivity contribution in [3.8, 4) is 11.6 Å². The van der Waals surface area contributed by atoms with Gasteiger partial charge in [-0.05, 0) is 38.3 Å². The predicted molar refractivity (Wildman–Crippen MR) is 167 cm³/mol. The molecule has 2 atom stereocenters. The van der Waals surface area contributed by atoms with Crippen LogP contribution < -0.4 is 15.4 Å². The van der Waals surface area contributed by atoms with Gasteiger partial charge < -0.3 is 39.9 Å². The zero-order chi connectivity index (χ0) is 36.2. The highest BCUT2D eigenvalue weighted by Crippen LogP contribution is 2.22. The number of para-hydroxylation sites is 1. The fourth-order valence-electron chi connectivity index (χ4n) is 5.41. The van der Waals surface area contributed by atoms with E-state index in [-0.39, 0.29) is 57.3 Å². The molecular weight excluding hydrogens is 668 g/mol. The van der Waals surface area contributed by atoms with Gasteiger partial charge in [0.2, 0.25) is 17.7 Å². The summed E-state index contributed by atoms with van der Waals surface area (Å²) in [5, 5.41) is 19.7. The summed E-state index contributed by atoms with van der Waals surface area (Å²) in [6.45, 7) is 1.14. The zero-order valence-electron chi connectivity index (χ0n) is 27.3. The highest BCUT2D eigenvalue weighted by molar-refractivity contribution is 5.96. The standard InChI is InChI=1S/C31H39F2N7O10/c1-2-48-31(47)50-38-15-13-37(14-16-38)30(46)21(10-11-27(42)43)35-28(44)22-17-26(40(36-22)20-7-4-3-5-8-20)49-19-25(41)39-12-6-9-23(39)29(45)34-18-24(32)33/h3-5,7-8,17,21,23-24H,2,6,9-16,18-19H2,1H3,(H,34,45)(H,35,44)(H,42,43)/t21-,23-/m0/s1. The van der Waals surface area contributed by atoms with Gasteiger partial charge in [0.25, 0.3) is 18.2 Å². The molecular formula is C31H39F2N7O10. The number of rotatable bonds is 15. The third kappa shape index (κ3) is 10.3. The van der Waals surface area contributed by atoms with Crippen LogP contribution in [0.4, 0.5) is 13.6 Å². The maximum absolute atomic E-state index is 13.5. The molecule has 1 aromatic carbocycles. The Morgan fingerprint density at radius 3 is 2.42 bits per heavy atom. The van der Waals surface area contributed by atoms with Crippen LogP contribution in [0.15, 0.2) is 36.4 Å². The lowest BCUT2D eigenvalue weighted by atomic mass is 10.1. The number of ether oxygens (including phenoxy) is 2. The number of halogens is 2. The molecule has 2 saturated heterocycles. The van der Waals surface area contributed by atoms with E-state index in [4.69, 9.17) is 14.3 Å². The van der Waals surface area contributed by atoms with E-state index in [1.165, 1.54) is 25.6 Å². The number of aromatic nitrogens is 2. The molecule has 4 amide bonds. The van der Waals surface area contributed by atoms with Gasteiger partial charge in [0.05, 0.1) is 31.9 Å². The number of carbonyl (C=O) groups excluding carboxylic acids is 5. The number of hydroxylamine groups is 2. The number of benzene rings is 1. The van der Waals surface area contributed by atoms with Crippen LogP contribution in [0.3, 0.4) is 0 Å². The molecule has 1 aromatic heterocycles. The van der Waals surface area contributed by atoms with E-state index in [1.807, 2.05) is 0 Å². The Kier molecular flexibility index (Phi) is 13.4. The van der Waals surface area contributed by atoms with E-state index in [0.717, 1.165) is 0 Å². The number of hydrogen-bond acceptors (Lipinski definition) is 11. The lowest BCUT2D eigenvalue weighted by molar-refractivity contribution is -0.157. The number of hydrogen-bond donors (Lipinski definition) is 3. The molecule has 0 aliphatic carbocycles. The second-order valence-corrected chi connectivity index (χ2v) is 11.3. The van der Waals surface area contributed by atoms with Gasteiger partial charge in [0, 0.05) is 32.1 Å². The summed E-state index contributed by atoms with van der Waals surface area (Å²) in [5.41, 5.74) is 0.253. The second-order valence-electron chi connectivity index (χ2n) is 11.3. The first-order valence-electron chi connectivity index (χ1n) is 16.0. The predicted octanol–water partition coefficient (Wildman–Crippen LogP) is 0.819. The molecule has 4 rings (SSSR count). The van der Waals surface area contributed by atoms with Crippen LogP contribution in [-0.2, 0) is 28.8 Å². The number of alkyl halides is 2. The zero-order valence-corrected chi connectivity index (χ0v) is 27.3. The number of carboxylic acids is 1. The van der Waals surface area contributed by atoms with Crippen LogP contribution in [-0.4, -0.2) is 136 Å². The van der Waals surface area contributed by atoms with E-state index in [0.29, 0.717) is 18.5 Å². The quantitative estimate of drug-likeness (QED) is 0.221. The topological polar surface area (TPSA) is 202 Å². The van der Waals surface area contributed by atoms with E-state index < -0.39 is 73.8 Å². The second kappa shape index (κ2) is 17.9. The Hall–Kier alpha value is -5.33. The molecule has 272 valence electrons. The molecule has 0 saturated carbocycles. The van der Waals surface area contributed by atoms with E-state index in [2.05, 4.69) is 15.7 Å². The largest absolute Gasteiger partial charge is 0.527 e. The van der Waals surface area contributed by atoms with Crippen molar-refractivity contribution >= 4 is 35.8 Å². The molecule has 19 heteroatoms. The van der Waals surface area contributed by atoms with Gasteiger partial charge in [-0.2, -0.15) is 5.10 Å². The summed E-state index contributed by atoms with van der Waals surface area (Å²) in [5.74, 6) is -3.84. The number of carbonyl (C=O) groups is 6. The van der Waals surface area contributed by atoms with Crippen molar-refractivity contribution in [3.05, 3.63) is 42.1 Å². The van der Waals surface area contributed by atoms with Crippen LogP contribution >= 0.6 is 0 Å². The molecule has 2 fully saturated rings. The van der Waals surface area contributed by atoms with Crippen LogP contribution in [0.5, 0.6) is 5.88 Å². The Labute approximate surface area is 285 Å². The van der Waals surface area contributed by atoms with Gasteiger partial charge in [0.1, 0.15) is 12.1 Å². The minimum absolute atomic E-state index is 0.0290. The average Bonchev–Trinajstić information content (AvgIpc) is 3.77. The Morgan fingerprint density at radius 1 is 1.04 bits per heavy atom. The van der Waals surface area contributed by atoms with Gasteiger partial charge in [-0.3, -0.25) is 24.0 Å². The van der Waals surface area contributed by atoms with Crippen LogP contribution in [0.25, 0.3) is 5.69 Å². The normalized spacial score (nSPS) is 16.8. The SMILES string of the molecule is CCOC(=O)ON1CCN(C(=O)[C@H](CCC(=O)O)NC(=O)c2cc(OCC(=O)N3CCC[C@H]3C(=O)NCC(F)F)n(-c3ccccc3)n2)CC1. The van der Waals surface area contributed by atoms with Gasteiger partial charge in [-0.25, -0.2) is 18.3 Å². The summed E-state index contributed by atoms with van der Waals surface area (Å²) < 4.78 is 37.0. The molecule has 3 N–H and O–H groups in total. The fraction of sp³-hybridized carbons (Fsp3) is 0.516. The molecule has 2 aromatic rings. The first kappa shape index (κ1) is 37.5. The maximum Gasteiger partial charge on any atom is 0.527 e. The number of aliphatic carboxylic acids is 1. The summed E-state index contributed by atoms with van der Waals surface area (Å²) in [6, 6.07) is 7.56. The number of piperazine rings is 1. The molecule has 50 heavy (non-hydrogen) atoms. The van der Waals surface area contributed by atoms with Crippen LogP contribution in [0.1, 0.15) is 43.1 Å². The Balaban J connectivity index is 1.46. The van der Waals surface area contributed by atoms with Crippen molar-refractivity contribution in [2.75, 3.05) is 52.5 Å². The maximum atomic E-state index is 13.5. The van der Waals surface area contributed by atoms with Gasteiger partial charge in [-0.15, -0.1) is 5.06 Å². The summed E-state index contributed by atoms with van der Waals surface area (Å²) in [4.78, 5) is 83.2. The number of nitrogens with one attached hydrogen (secondary N) is 2. The number of nitrogens with zero attached hydrogens (tertiary/aromatic N) is 5. The van der Waals surface area contributed by atoms with E-state index in [1.54, 1.807) is 37.3 Å². The summed E-state index contributed by atoms with van der Waals surface area (Å²) in [6.07, 6.45) is -3.47. The first-order valence-corrected chi connectivity index (χ1v) is 16.0. The molecule has 2 aliphatic heterocycles. The third-order valence-corrected chi connectivity index (χ3v) is 7.83. The van der Waals surface area contributed by atoms with Gasteiger partial charge in [-0.1, -0.05) is 18.2 Å². The highest BCUT2D eigenvalue weighted by Gasteiger charge is 2.35. The lowest BCUT2D eigenvalue weighted by Gasteiger charge is -2.35. The smallest absolute Gasteiger partial charge is 0.481 e. The average molecular weight is 708 g/mol. The van der Waals surface area contributed by atoms with Crippen molar-refractivity contribution in [1.82, 2.24) is 35.3 Å². The van der Waals surface area contributed by atoms with E-state index >= 15 is 0 Å². The minimum Gasteiger partial charge on any atom is -0.481 e. The minimum atomic E-state index is -2.74. The molecule has 2 aliphatic rings. The van der Waals surface area contributed by atoms with Crippen LogP contribution in [0, 0.1) is 0 Å². The number of likely N-dealkylation sites (tertiary alicyclic amines) is 1. The van der Waals surface area contributed by atoms with Crippen molar-refractivity contribution in [2.45, 2.75) is 51.1 Å². The summed E-state index contributed by atoms with van der Waals surface area (Å²) >= 11 is 0. The van der Waals surface area contributed by atoms with Gasteiger partial charge >= 0.3 is 12.1 Å². The van der Waals surface area contributed by atoms with Gasteiger partial charge in [0.15, 0.2) is 12.3 Å². The van der Waals surface area contributed by atoms with Crippen molar-refractivity contribution in [1.29, 1.82) is 0 Å². The Morgan fingerprint density at radius 2 is 1.76 bits per heavy atom. The molecule has 0 unspecified atom stereocenters. The lowest BCUT2D eigenvalue weighted by Crippen LogP contribution is -2.55.